The summed E-state index contributed by atoms with van der Waals surface area (Å²) in [6, 6.07) is 14.4. The minimum atomic E-state index is -0.822. The van der Waals surface area contributed by atoms with Crippen molar-refractivity contribution in [2.45, 2.75) is 18.3 Å². The predicted octanol–water partition coefficient (Wildman–Crippen LogP) is 3.03. The molecule has 2 heterocycles. The van der Waals surface area contributed by atoms with Crippen LogP contribution in [-0.4, -0.2) is 18.1 Å². The van der Waals surface area contributed by atoms with Crippen LogP contribution in [0.1, 0.15) is 24.1 Å². The van der Waals surface area contributed by atoms with Gasteiger partial charge in [-0.3, -0.25) is 4.98 Å². The van der Waals surface area contributed by atoms with E-state index in [-0.39, 0.29) is 11.7 Å². The van der Waals surface area contributed by atoms with Crippen LogP contribution in [0.25, 0.3) is 0 Å². The average Bonchev–Trinajstić information content (AvgIpc) is 2.59. The lowest BCUT2D eigenvalue weighted by Crippen LogP contribution is -2.42. The first-order chi connectivity index (χ1) is 10.8. The number of nitrogens with one attached hydrogen (secondary N) is 1. The normalized spacial score (nSPS) is 18.4. The number of halogens is 1. The fourth-order valence-corrected chi connectivity index (χ4v) is 3.37. The zero-order valence-electron chi connectivity index (χ0n) is 12.3. The van der Waals surface area contributed by atoms with Crippen molar-refractivity contribution in [1.29, 1.82) is 5.26 Å². The van der Waals surface area contributed by atoms with Gasteiger partial charge in [-0.05, 0) is 61.7 Å². The number of rotatable bonds is 3. The van der Waals surface area contributed by atoms with E-state index in [1.165, 1.54) is 12.1 Å². The van der Waals surface area contributed by atoms with E-state index in [1.54, 1.807) is 18.3 Å². The summed E-state index contributed by atoms with van der Waals surface area (Å²) in [7, 11) is 0. The highest BCUT2D eigenvalue weighted by Gasteiger charge is 2.44. The number of hydrogen-bond donors (Lipinski definition) is 1. The Morgan fingerprint density at radius 1 is 1.14 bits per heavy atom. The third-order valence-electron chi connectivity index (χ3n) is 4.50. The minimum absolute atomic E-state index is 0.166. The Morgan fingerprint density at radius 3 is 2.45 bits per heavy atom. The smallest absolute Gasteiger partial charge is 0.127 e. The van der Waals surface area contributed by atoms with Gasteiger partial charge in [0.1, 0.15) is 11.2 Å². The number of piperidine rings is 1. The second-order valence-electron chi connectivity index (χ2n) is 5.67. The molecule has 1 aliphatic heterocycles. The predicted molar refractivity (Wildman–Crippen MR) is 82.6 cm³/mol. The van der Waals surface area contributed by atoms with E-state index in [4.69, 9.17) is 0 Å². The molecule has 2 aromatic rings. The summed E-state index contributed by atoms with van der Waals surface area (Å²) in [5, 5.41) is 13.4. The molecule has 1 atom stereocenters. The number of nitriles is 1. The van der Waals surface area contributed by atoms with Gasteiger partial charge in [0.25, 0.3) is 0 Å². The lowest BCUT2D eigenvalue weighted by molar-refractivity contribution is 0.291. The molecule has 1 aromatic heterocycles. The fraction of sp³-hybridized carbons (Fsp3) is 0.333. The fourth-order valence-electron chi connectivity index (χ4n) is 3.37. The van der Waals surface area contributed by atoms with E-state index in [9.17, 15) is 9.65 Å². The largest absolute Gasteiger partial charge is 0.317 e. The van der Waals surface area contributed by atoms with Gasteiger partial charge >= 0.3 is 0 Å². The molecule has 3 rings (SSSR count). The Balaban J connectivity index is 2.16. The van der Waals surface area contributed by atoms with Crippen molar-refractivity contribution in [3.05, 3.63) is 65.7 Å². The van der Waals surface area contributed by atoms with Gasteiger partial charge in [-0.15, -0.1) is 0 Å². The van der Waals surface area contributed by atoms with Crippen molar-refractivity contribution in [3.8, 4) is 6.07 Å². The maximum atomic E-state index is 13.3. The molecule has 0 bridgehead atoms. The van der Waals surface area contributed by atoms with Gasteiger partial charge < -0.3 is 5.32 Å². The molecule has 1 fully saturated rings. The molecular weight excluding hydrogens is 277 g/mol. The lowest BCUT2D eigenvalue weighted by atomic mass is 9.65. The molecule has 0 spiro atoms. The van der Waals surface area contributed by atoms with Crippen LogP contribution < -0.4 is 5.32 Å². The molecule has 1 aliphatic rings. The molecule has 1 N–H and O–H groups in total. The Morgan fingerprint density at radius 2 is 1.86 bits per heavy atom. The van der Waals surface area contributed by atoms with Crippen molar-refractivity contribution < 1.29 is 4.39 Å². The highest BCUT2D eigenvalue weighted by molar-refractivity contribution is 5.44. The van der Waals surface area contributed by atoms with Crippen LogP contribution in [0, 0.1) is 23.1 Å². The van der Waals surface area contributed by atoms with E-state index < -0.39 is 5.41 Å². The molecule has 4 heteroatoms. The second kappa shape index (κ2) is 6.25. The topological polar surface area (TPSA) is 48.7 Å². The van der Waals surface area contributed by atoms with Gasteiger partial charge in [0, 0.05) is 6.20 Å². The molecule has 0 saturated carbocycles. The van der Waals surface area contributed by atoms with Gasteiger partial charge in [0.05, 0.1) is 11.8 Å². The number of hydrogen-bond acceptors (Lipinski definition) is 3. The molecule has 22 heavy (non-hydrogen) atoms. The monoisotopic (exact) mass is 295 g/mol. The molecule has 1 saturated heterocycles. The maximum Gasteiger partial charge on any atom is 0.127 e. The zero-order chi connectivity index (χ0) is 15.4. The summed E-state index contributed by atoms with van der Waals surface area (Å²) in [5.74, 6) is -0.124. The van der Waals surface area contributed by atoms with Crippen molar-refractivity contribution >= 4 is 0 Å². The van der Waals surface area contributed by atoms with E-state index in [2.05, 4.69) is 16.4 Å². The summed E-state index contributed by atoms with van der Waals surface area (Å²) in [6.45, 7) is 1.78. The first-order valence-electron chi connectivity index (χ1n) is 7.57. The van der Waals surface area contributed by atoms with Gasteiger partial charge in [0.15, 0.2) is 0 Å². The van der Waals surface area contributed by atoms with E-state index in [0.29, 0.717) is 0 Å². The quantitative estimate of drug-likeness (QED) is 0.947. The lowest BCUT2D eigenvalue weighted by Gasteiger charge is -2.37. The van der Waals surface area contributed by atoms with Crippen LogP contribution in [0.15, 0.2) is 48.7 Å². The Kier molecular flexibility index (Phi) is 4.17. The summed E-state index contributed by atoms with van der Waals surface area (Å²) in [5.41, 5.74) is 0.745. The maximum absolute atomic E-state index is 13.3. The van der Waals surface area contributed by atoms with Crippen molar-refractivity contribution in [1.82, 2.24) is 10.3 Å². The first-order valence-corrected chi connectivity index (χ1v) is 7.57. The van der Waals surface area contributed by atoms with Crippen LogP contribution in [-0.2, 0) is 5.41 Å². The molecule has 0 radical (unpaired) electrons. The highest BCUT2D eigenvalue weighted by Crippen LogP contribution is 2.42. The SMILES string of the molecule is N#CC(c1ccc(F)cc1)(c1ccccn1)C1CCNCC1. The van der Waals surface area contributed by atoms with Crippen LogP contribution in [0.5, 0.6) is 0 Å². The molecule has 0 amide bonds. The molecule has 1 aromatic carbocycles. The van der Waals surface area contributed by atoms with Crippen molar-refractivity contribution in [2.75, 3.05) is 13.1 Å². The van der Waals surface area contributed by atoms with Crippen LogP contribution in [0.3, 0.4) is 0 Å². The summed E-state index contributed by atoms with van der Waals surface area (Å²) < 4.78 is 13.3. The number of aromatic nitrogens is 1. The minimum Gasteiger partial charge on any atom is -0.317 e. The summed E-state index contributed by atoms with van der Waals surface area (Å²) >= 11 is 0. The molecule has 112 valence electrons. The highest BCUT2D eigenvalue weighted by atomic mass is 19.1. The second-order valence-corrected chi connectivity index (χ2v) is 5.67. The summed E-state index contributed by atoms with van der Waals surface area (Å²) in [6.07, 6.45) is 3.52. The van der Waals surface area contributed by atoms with Crippen LogP contribution in [0.4, 0.5) is 4.39 Å². The van der Waals surface area contributed by atoms with Crippen molar-refractivity contribution in [2.24, 2.45) is 5.92 Å². The van der Waals surface area contributed by atoms with Gasteiger partial charge in [-0.25, -0.2) is 4.39 Å². The summed E-state index contributed by atoms with van der Waals surface area (Å²) in [4.78, 5) is 4.46. The van der Waals surface area contributed by atoms with Crippen molar-refractivity contribution in [3.63, 3.8) is 0 Å². The van der Waals surface area contributed by atoms with E-state index in [0.717, 1.165) is 37.2 Å². The Labute approximate surface area is 129 Å². The third-order valence-corrected chi connectivity index (χ3v) is 4.50. The van der Waals surface area contributed by atoms with Gasteiger partial charge in [-0.2, -0.15) is 5.26 Å². The average molecular weight is 295 g/mol. The Hall–Kier alpha value is -2.25. The molecular formula is C18H18FN3. The van der Waals surface area contributed by atoms with Gasteiger partial charge in [0.2, 0.25) is 0 Å². The van der Waals surface area contributed by atoms with Crippen LogP contribution >= 0.6 is 0 Å². The van der Waals surface area contributed by atoms with E-state index in [1.807, 2.05) is 18.2 Å². The molecule has 1 unspecified atom stereocenters. The van der Waals surface area contributed by atoms with Gasteiger partial charge in [-0.1, -0.05) is 18.2 Å². The standard InChI is InChI=1S/C18H18FN3/c19-16-6-4-14(5-7-16)18(13-20,15-8-11-21-12-9-15)17-3-1-2-10-22-17/h1-7,10,15,21H,8-9,11-12H2. The number of nitrogens with zero attached hydrogens (tertiary/aromatic N) is 2. The molecule has 3 nitrogen and oxygen atoms in total. The first kappa shape index (κ1) is 14.7. The number of pyridine rings is 1. The Bertz CT molecular complexity index is 657. The zero-order valence-corrected chi connectivity index (χ0v) is 12.3. The molecule has 0 aliphatic carbocycles. The van der Waals surface area contributed by atoms with E-state index >= 15 is 0 Å². The number of benzene rings is 1. The third kappa shape index (κ3) is 2.49. The van der Waals surface area contributed by atoms with Crippen LogP contribution in [0.2, 0.25) is 0 Å².